The molecule has 4 rings (SSSR count). The van der Waals surface area contributed by atoms with Gasteiger partial charge in [0.25, 0.3) is 5.91 Å². The molecule has 3 heterocycles. The summed E-state index contributed by atoms with van der Waals surface area (Å²) < 4.78 is 7.28. The Balaban J connectivity index is 1.52. The monoisotopic (exact) mass is 363 g/mol. The van der Waals surface area contributed by atoms with Crippen molar-refractivity contribution in [2.75, 3.05) is 19.7 Å². The van der Waals surface area contributed by atoms with E-state index in [1.807, 2.05) is 47.4 Å². The van der Waals surface area contributed by atoms with Gasteiger partial charge in [0.1, 0.15) is 0 Å². The van der Waals surface area contributed by atoms with Crippen LogP contribution in [0.15, 0.2) is 54.7 Å². The van der Waals surface area contributed by atoms with Crippen molar-refractivity contribution in [1.82, 2.24) is 24.9 Å². The van der Waals surface area contributed by atoms with Gasteiger partial charge in [-0.25, -0.2) is 4.52 Å². The molecule has 1 aliphatic heterocycles. The number of hydrogen-bond donors (Lipinski definition) is 0. The Morgan fingerprint density at radius 1 is 1.30 bits per heavy atom. The maximum Gasteiger partial charge on any atom is 0.254 e. The summed E-state index contributed by atoms with van der Waals surface area (Å²) >= 11 is 0. The van der Waals surface area contributed by atoms with Gasteiger partial charge < -0.3 is 9.64 Å². The summed E-state index contributed by atoms with van der Waals surface area (Å²) in [5.41, 5.74) is 2.24. The van der Waals surface area contributed by atoms with Gasteiger partial charge >= 0.3 is 0 Å². The van der Waals surface area contributed by atoms with E-state index in [0.29, 0.717) is 24.3 Å². The van der Waals surface area contributed by atoms with Crippen LogP contribution in [0.3, 0.4) is 0 Å². The smallest absolute Gasteiger partial charge is 0.254 e. The minimum Gasteiger partial charge on any atom is -0.376 e. The first-order valence-electron chi connectivity index (χ1n) is 9.10. The Morgan fingerprint density at radius 3 is 3.00 bits per heavy atom. The molecule has 1 amide bonds. The van der Waals surface area contributed by atoms with Crippen molar-refractivity contribution in [3.05, 3.63) is 65.9 Å². The van der Waals surface area contributed by atoms with Gasteiger partial charge in [-0.15, -0.1) is 5.10 Å². The van der Waals surface area contributed by atoms with Crippen LogP contribution >= 0.6 is 0 Å². The number of aromatic nitrogens is 4. The molecule has 3 aromatic rings. The van der Waals surface area contributed by atoms with Gasteiger partial charge in [0.15, 0.2) is 5.65 Å². The summed E-state index contributed by atoms with van der Waals surface area (Å²) in [6, 6.07) is 13.5. The highest BCUT2D eigenvalue weighted by Gasteiger charge is 2.23. The quantitative estimate of drug-likeness (QED) is 0.673. The first kappa shape index (κ1) is 17.4. The fourth-order valence-corrected chi connectivity index (χ4v) is 3.21. The number of nitrogens with zero attached hydrogens (tertiary/aromatic N) is 5. The van der Waals surface area contributed by atoms with E-state index in [-0.39, 0.29) is 12.0 Å². The van der Waals surface area contributed by atoms with Gasteiger partial charge in [-0.3, -0.25) is 4.79 Å². The van der Waals surface area contributed by atoms with Crippen LogP contribution in [0.5, 0.6) is 0 Å². The molecule has 0 unspecified atom stereocenters. The highest BCUT2D eigenvalue weighted by Crippen LogP contribution is 2.16. The second kappa shape index (κ2) is 8.09. The molecular weight excluding hydrogens is 342 g/mol. The largest absolute Gasteiger partial charge is 0.376 e. The van der Waals surface area contributed by atoms with E-state index >= 15 is 0 Å². The predicted octanol–water partition coefficient (Wildman–Crippen LogP) is 2.46. The molecular formula is C20H21N5O2. The van der Waals surface area contributed by atoms with E-state index in [2.05, 4.69) is 15.5 Å². The number of fused-ring (bicyclic) bond motifs is 1. The second-order valence-electron chi connectivity index (χ2n) is 6.56. The summed E-state index contributed by atoms with van der Waals surface area (Å²) in [4.78, 5) is 14.9. The molecule has 0 bridgehead atoms. The average Bonchev–Trinajstić information content (AvgIpc) is 3.38. The van der Waals surface area contributed by atoms with Crippen molar-refractivity contribution in [2.45, 2.75) is 18.9 Å². The van der Waals surface area contributed by atoms with E-state index in [1.54, 1.807) is 18.3 Å². The third kappa shape index (κ3) is 4.20. The Morgan fingerprint density at radius 2 is 2.19 bits per heavy atom. The highest BCUT2D eigenvalue weighted by molar-refractivity contribution is 5.95. The lowest BCUT2D eigenvalue weighted by atomic mass is 10.1. The van der Waals surface area contributed by atoms with Crippen molar-refractivity contribution in [2.24, 2.45) is 0 Å². The fourth-order valence-electron chi connectivity index (χ4n) is 3.21. The van der Waals surface area contributed by atoms with E-state index in [0.717, 1.165) is 25.0 Å². The number of carbonyl (C=O) groups excluding carboxylic acids is 1. The minimum atomic E-state index is -0.0475. The van der Waals surface area contributed by atoms with Crippen LogP contribution < -0.4 is 0 Å². The van der Waals surface area contributed by atoms with Crippen LogP contribution in [0.1, 0.15) is 28.8 Å². The standard InChI is InChI=1S/C20H21N5O2/c26-20(17-10-12-25-19(14-17)21-22-23-25)24(15-18-9-5-13-27-18)11-4-8-16-6-2-1-3-7-16/h1-4,6-8,10,12,14,18H,5,9,11,13,15H2/b8-4+/t18-/m0/s1. The highest BCUT2D eigenvalue weighted by atomic mass is 16.5. The molecule has 7 nitrogen and oxygen atoms in total. The van der Waals surface area contributed by atoms with Gasteiger partial charge in [0.05, 0.1) is 6.10 Å². The van der Waals surface area contributed by atoms with Crippen molar-refractivity contribution in [1.29, 1.82) is 0 Å². The van der Waals surface area contributed by atoms with E-state index in [4.69, 9.17) is 4.74 Å². The summed E-state index contributed by atoms with van der Waals surface area (Å²) in [6.07, 6.45) is 7.87. The lowest BCUT2D eigenvalue weighted by Crippen LogP contribution is -2.37. The Kier molecular flexibility index (Phi) is 5.20. The molecule has 1 aliphatic rings. The van der Waals surface area contributed by atoms with Gasteiger partial charge in [0, 0.05) is 31.5 Å². The van der Waals surface area contributed by atoms with Crippen molar-refractivity contribution in [3.63, 3.8) is 0 Å². The third-order valence-corrected chi connectivity index (χ3v) is 4.62. The van der Waals surface area contributed by atoms with Crippen molar-refractivity contribution in [3.8, 4) is 0 Å². The number of rotatable bonds is 6. The van der Waals surface area contributed by atoms with Gasteiger partial charge in [-0.1, -0.05) is 42.5 Å². The van der Waals surface area contributed by atoms with Crippen molar-refractivity contribution >= 4 is 17.6 Å². The predicted molar refractivity (Wildman–Crippen MR) is 101 cm³/mol. The molecule has 0 radical (unpaired) electrons. The molecule has 1 aromatic carbocycles. The summed E-state index contributed by atoms with van der Waals surface area (Å²) in [5, 5.41) is 11.4. The first-order valence-corrected chi connectivity index (χ1v) is 9.10. The van der Waals surface area contributed by atoms with Gasteiger partial charge in [0.2, 0.25) is 0 Å². The molecule has 0 aliphatic carbocycles. The molecule has 0 N–H and O–H groups in total. The molecule has 1 saturated heterocycles. The maximum absolute atomic E-state index is 13.1. The summed E-state index contributed by atoms with van der Waals surface area (Å²) in [6.45, 7) is 1.86. The molecule has 1 fully saturated rings. The third-order valence-electron chi connectivity index (χ3n) is 4.62. The minimum absolute atomic E-state index is 0.0475. The fraction of sp³-hybridized carbons (Fsp3) is 0.300. The SMILES string of the molecule is O=C(c1ccn2nnnc2c1)N(C/C=C/c1ccccc1)C[C@@H]1CCCO1. The van der Waals surface area contributed by atoms with Gasteiger partial charge in [-0.05, 0) is 41.0 Å². The number of amides is 1. The van der Waals surface area contributed by atoms with Crippen LogP contribution in [0.2, 0.25) is 0 Å². The zero-order chi connectivity index (χ0) is 18.5. The normalized spacial score (nSPS) is 17.0. The zero-order valence-electron chi connectivity index (χ0n) is 14.9. The Hall–Kier alpha value is -3.06. The molecule has 138 valence electrons. The van der Waals surface area contributed by atoms with Gasteiger partial charge in [-0.2, -0.15) is 0 Å². The van der Waals surface area contributed by atoms with E-state index < -0.39 is 0 Å². The number of tetrazole rings is 1. The summed E-state index contributed by atoms with van der Waals surface area (Å²) in [5.74, 6) is -0.0475. The Bertz CT molecular complexity index is 932. The molecule has 2 aromatic heterocycles. The van der Waals surface area contributed by atoms with E-state index in [1.165, 1.54) is 4.52 Å². The number of pyridine rings is 1. The lowest BCUT2D eigenvalue weighted by molar-refractivity contribution is 0.0554. The maximum atomic E-state index is 13.1. The van der Waals surface area contributed by atoms with Crippen LogP contribution in [0.4, 0.5) is 0 Å². The van der Waals surface area contributed by atoms with E-state index in [9.17, 15) is 4.79 Å². The molecule has 0 saturated carbocycles. The van der Waals surface area contributed by atoms with Crippen LogP contribution in [0.25, 0.3) is 11.7 Å². The number of hydrogen-bond acceptors (Lipinski definition) is 5. The number of carbonyl (C=O) groups is 1. The molecule has 1 atom stereocenters. The summed E-state index contributed by atoms with van der Waals surface area (Å²) in [7, 11) is 0. The van der Waals surface area contributed by atoms with Crippen LogP contribution in [-0.2, 0) is 4.74 Å². The van der Waals surface area contributed by atoms with Crippen LogP contribution in [0, 0.1) is 0 Å². The molecule has 27 heavy (non-hydrogen) atoms. The zero-order valence-corrected chi connectivity index (χ0v) is 14.9. The molecule has 0 spiro atoms. The molecule has 7 heteroatoms. The first-order chi connectivity index (χ1) is 13.3. The average molecular weight is 363 g/mol. The van der Waals surface area contributed by atoms with Crippen LogP contribution in [-0.4, -0.2) is 56.6 Å². The van der Waals surface area contributed by atoms with Crippen molar-refractivity contribution < 1.29 is 9.53 Å². The second-order valence-corrected chi connectivity index (χ2v) is 6.56. The topological polar surface area (TPSA) is 72.6 Å². The lowest BCUT2D eigenvalue weighted by Gasteiger charge is -2.24. The number of benzene rings is 1. The number of ether oxygens (including phenoxy) is 1. The Labute approximate surface area is 157 Å².